The van der Waals surface area contributed by atoms with E-state index in [0.29, 0.717) is 12.2 Å². The average Bonchev–Trinajstić information content (AvgIpc) is 2.69. The number of rotatable bonds is 3. The summed E-state index contributed by atoms with van der Waals surface area (Å²) in [7, 11) is 0. The minimum Gasteiger partial charge on any atom is -0.380 e. The second-order valence-corrected chi connectivity index (χ2v) is 5.17. The Bertz CT molecular complexity index is 565. The minimum atomic E-state index is -0.762. The molecule has 0 fully saturated rings. The molecule has 0 aliphatic heterocycles. The van der Waals surface area contributed by atoms with E-state index in [1.165, 1.54) is 0 Å². The fourth-order valence-electron chi connectivity index (χ4n) is 2.04. The molecule has 1 N–H and O–H groups in total. The SMILES string of the molecule is CCn1ncc(Br)c1C(O)c1ncc(C)cc1C. The van der Waals surface area contributed by atoms with Gasteiger partial charge in [-0.3, -0.25) is 9.67 Å². The van der Waals surface area contributed by atoms with E-state index in [1.54, 1.807) is 17.1 Å². The van der Waals surface area contributed by atoms with Crippen molar-refractivity contribution < 1.29 is 5.11 Å². The molecule has 0 spiro atoms. The van der Waals surface area contributed by atoms with Gasteiger partial charge in [0.2, 0.25) is 0 Å². The van der Waals surface area contributed by atoms with Crippen molar-refractivity contribution in [3.63, 3.8) is 0 Å². The van der Waals surface area contributed by atoms with Crippen molar-refractivity contribution in [2.45, 2.75) is 33.4 Å². The van der Waals surface area contributed by atoms with Crippen LogP contribution in [-0.4, -0.2) is 19.9 Å². The van der Waals surface area contributed by atoms with Gasteiger partial charge in [-0.15, -0.1) is 0 Å². The Labute approximate surface area is 115 Å². The quantitative estimate of drug-likeness (QED) is 0.948. The molecule has 1 unspecified atom stereocenters. The Morgan fingerprint density at radius 2 is 2.11 bits per heavy atom. The highest BCUT2D eigenvalue weighted by Gasteiger charge is 2.21. The van der Waals surface area contributed by atoms with Gasteiger partial charge in [0.05, 0.1) is 22.1 Å². The van der Waals surface area contributed by atoms with Gasteiger partial charge in [0.15, 0.2) is 0 Å². The van der Waals surface area contributed by atoms with Gasteiger partial charge in [-0.1, -0.05) is 6.07 Å². The highest BCUT2D eigenvalue weighted by Crippen LogP contribution is 2.29. The number of aromatic nitrogens is 3. The van der Waals surface area contributed by atoms with E-state index in [1.807, 2.05) is 26.8 Å². The lowest BCUT2D eigenvalue weighted by Gasteiger charge is -2.15. The summed E-state index contributed by atoms with van der Waals surface area (Å²) in [5.41, 5.74) is 3.50. The Hall–Kier alpha value is -1.20. The molecule has 2 aromatic heterocycles. The van der Waals surface area contributed by atoms with Crippen LogP contribution < -0.4 is 0 Å². The molecule has 0 aliphatic rings. The van der Waals surface area contributed by atoms with Gasteiger partial charge in [-0.2, -0.15) is 5.10 Å². The smallest absolute Gasteiger partial charge is 0.139 e. The van der Waals surface area contributed by atoms with E-state index in [2.05, 4.69) is 26.0 Å². The van der Waals surface area contributed by atoms with Crippen LogP contribution in [0, 0.1) is 13.8 Å². The maximum Gasteiger partial charge on any atom is 0.139 e. The number of nitrogens with zero attached hydrogens (tertiary/aromatic N) is 3. The molecule has 0 bridgehead atoms. The van der Waals surface area contributed by atoms with Gasteiger partial charge < -0.3 is 5.11 Å². The van der Waals surface area contributed by atoms with E-state index in [9.17, 15) is 5.11 Å². The van der Waals surface area contributed by atoms with Crippen molar-refractivity contribution in [3.8, 4) is 0 Å². The second-order valence-electron chi connectivity index (χ2n) is 4.31. The first-order chi connectivity index (χ1) is 8.54. The minimum absolute atomic E-state index is 0.677. The Balaban J connectivity index is 2.47. The van der Waals surface area contributed by atoms with E-state index in [4.69, 9.17) is 0 Å². The molecule has 96 valence electrons. The zero-order valence-electron chi connectivity index (χ0n) is 10.7. The summed E-state index contributed by atoms with van der Waals surface area (Å²) in [6.07, 6.45) is 2.71. The standard InChI is InChI=1S/C13H16BrN3O/c1-4-17-12(10(14)7-16-17)13(18)11-9(3)5-8(2)6-15-11/h5-7,13,18H,4H2,1-3H3. The van der Waals surface area contributed by atoms with Crippen LogP contribution in [0.15, 0.2) is 22.9 Å². The topological polar surface area (TPSA) is 50.9 Å². The lowest BCUT2D eigenvalue weighted by Crippen LogP contribution is -2.12. The summed E-state index contributed by atoms with van der Waals surface area (Å²) >= 11 is 3.42. The summed E-state index contributed by atoms with van der Waals surface area (Å²) < 4.78 is 2.58. The van der Waals surface area contributed by atoms with Gasteiger partial charge in [0, 0.05) is 12.7 Å². The average molecular weight is 310 g/mol. The monoisotopic (exact) mass is 309 g/mol. The summed E-state index contributed by atoms with van der Waals surface area (Å²) in [6.45, 7) is 6.65. The van der Waals surface area contributed by atoms with Gasteiger partial charge in [0.1, 0.15) is 6.10 Å². The highest BCUT2D eigenvalue weighted by molar-refractivity contribution is 9.10. The second kappa shape index (κ2) is 5.20. The zero-order valence-corrected chi connectivity index (χ0v) is 12.3. The number of hydrogen-bond acceptors (Lipinski definition) is 3. The van der Waals surface area contributed by atoms with Gasteiger partial charge >= 0.3 is 0 Å². The van der Waals surface area contributed by atoms with Crippen LogP contribution in [0.4, 0.5) is 0 Å². The zero-order chi connectivity index (χ0) is 13.3. The van der Waals surface area contributed by atoms with Crippen molar-refractivity contribution in [1.29, 1.82) is 0 Å². The van der Waals surface area contributed by atoms with Gasteiger partial charge in [-0.25, -0.2) is 0 Å². The van der Waals surface area contributed by atoms with Crippen molar-refractivity contribution in [2.24, 2.45) is 0 Å². The number of halogens is 1. The third kappa shape index (κ3) is 2.33. The van der Waals surface area contributed by atoms with Crippen LogP contribution in [0.3, 0.4) is 0 Å². The summed E-state index contributed by atoms with van der Waals surface area (Å²) in [5, 5.41) is 14.7. The molecule has 2 heterocycles. The Kier molecular flexibility index (Phi) is 3.82. The number of aliphatic hydroxyl groups is 1. The first-order valence-corrected chi connectivity index (χ1v) is 6.66. The third-order valence-corrected chi connectivity index (χ3v) is 3.52. The fourth-order valence-corrected chi connectivity index (χ4v) is 2.55. The van der Waals surface area contributed by atoms with Crippen LogP contribution in [0.25, 0.3) is 0 Å². The molecule has 0 radical (unpaired) electrons. The largest absolute Gasteiger partial charge is 0.380 e. The number of hydrogen-bond donors (Lipinski definition) is 1. The van der Waals surface area contributed by atoms with Crippen LogP contribution in [0.2, 0.25) is 0 Å². The summed E-state index contributed by atoms with van der Waals surface area (Å²) in [5.74, 6) is 0. The number of pyridine rings is 1. The molecule has 2 rings (SSSR count). The predicted octanol–water partition coefficient (Wildman–Crippen LogP) is 2.76. The highest BCUT2D eigenvalue weighted by atomic mass is 79.9. The molecule has 4 nitrogen and oxygen atoms in total. The summed E-state index contributed by atoms with van der Waals surface area (Å²) in [6, 6.07) is 2.02. The number of aryl methyl sites for hydroxylation is 3. The molecule has 1 atom stereocenters. The van der Waals surface area contributed by atoms with Crippen molar-refractivity contribution in [1.82, 2.24) is 14.8 Å². The van der Waals surface area contributed by atoms with Gasteiger partial charge in [0.25, 0.3) is 0 Å². The van der Waals surface area contributed by atoms with Crippen LogP contribution >= 0.6 is 15.9 Å². The van der Waals surface area contributed by atoms with E-state index >= 15 is 0 Å². The molecule has 0 saturated heterocycles. The van der Waals surface area contributed by atoms with Gasteiger partial charge in [-0.05, 0) is 47.8 Å². The number of aliphatic hydroxyl groups excluding tert-OH is 1. The van der Waals surface area contributed by atoms with Crippen molar-refractivity contribution in [2.75, 3.05) is 0 Å². The maximum atomic E-state index is 10.5. The summed E-state index contributed by atoms with van der Waals surface area (Å²) in [4.78, 5) is 4.34. The Morgan fingerprint density at radius 3 is 2.72 bits per heavy atom. The molecule has 2 aromatic rings. The maximum absolute atomic E-state index is 10.5. The van der Waals surface area contributed by atoms with Crippen LogP contribution in [-0.2, 0) is 6.54 Å². The van der Waals surface area contributed by atoms with Crippen molar-refractivity contribution >= 4 is 15.9 Å². The van der Waals surface area contributed by atoms with E-state index in [0.717, 1.165) is 21.3 Å². The fraction of sp³-hybridized carbons (Fsp3) is 0.385. The molecule has 0 aliphatic carbocycles. The molecule has 0 saturated carbocycles. The lowest BCUT2D eigenvalue weighted by molar-refractivity contribution is 0.201. The normalized spacial score (nSPS) is 12.7. The first kappa shape index (κ1) is 13.2. The van der Waals surface area contributed by atoms with Crippen LogP contribution in [0.5, 0.6) is 0 Å². The molecule has 5 heteroatoms. The van der Waals surface area contributed by atoms with E-state index in [-0.39, 0.29) is 0 Å². The Morgan fingerprint density at radius 1 is 1.39 bits per heavy atom. The molecular weight excluding hydrogens is 294 g/mol. The van der Waals surface area contributed by atoms with Crippen molar-refractivity contribution in [3.05, 3.63) is 45.4 Å². The van der Waals surface area contributed by atoms with E-state index < -0.39 is 6.10 Å². The molecule has 0 aromatic carbocycles. The third-order valence-electron chi connectivity index (χ3n) is 2.91. The molecule has 0 amide bonds. The molecular formula is C13H16BrN3O. The predicted molar refractivity (Wildman–Crippen MR) is 73.4 cm³/mol. The first-order valence-electron chi connectivity index (χ1n) is 5.87. The van der Waals surface area contributed by atoms with Crippen LogP contribution in [0.1, 0.15) is 35.5 Å². The molecule has 18 heavy (non-hydrogen) atoms. The lowest BCUT2D eigenvalue weighted by atomic mass is 10.1.